The number of nitrogens with one attached hydrogen (secondary N) is 1. The van der Waals surface area contributed by atoms with Crippen LogP contribution in [0.2, 0.25) is 0 Å². The van der Waals surface area contributed by atoms with Crippen LogP contribution in [-0.2, 0) is 0 Å². The molecule has 0 saturated heterocycles. The maximum Gasteiger partial charge on any atom is 0.573 e. The predicted octanol–water partition coefficient (Wildman–Crippen LogP) is 3.76. The molecule has 0 aliphatic rings. The van der Waals surface area contributed by atoms with E-state index in [9.17, 15) is 26.3 Å². The van der Waals surface area contributed by atoms with E-state index in [0.29, 0.717) is 5.56 Å². The van der Waals surface area contributed by atoms with Gasteiger partial charge < -0.3 is 14.8 Å². The molecule has 1 aromatic rings. The van der Waals surface area contributed by atoms with Crippen molar-refractivity contribution in [3.63, 3.8) is 0 Å². The molecule has 0 aliphatic carbocycles. The normalized spacial score (nSPS) is 14.0. The Hall–Kier alpha value is -1.64. The van der Waals surface area contributed by atoms with Crippen LogP contribution < -0.4 is 14.8 Å². The van der Waals surface area contributed by atoms with Gasteiger partial charge in [0.25, 0.3) is 0 Å². The molecule has 0 heterocycles. The molecule has 20 heavy (non-hydrogen) atoms. The third-order valence-electron chi connectivity index (χ3n) is 2.35. The van der Waals surface area contributed by atoms with Gasteiger partial charge in [0.1, 0.15) is 0 Å². The highest BCUT2D eigenvalue weighted by atomic mass is 19.4. The molecule has 0 aromatic heterocycles. The van der Waals surface area contributed by atoms with Crippen molar-refractivity contribution in [1.82, 2.24) is 5.32 Å². The molecule has 0 amide bonds. The maximum atomic E-state index is 12.2. The van der Waals surface area contributed by atoms with E-state index in [1.165, 1.54) is 6.07 Å². The Bertz CT molecular complexity index is 457. The highest BCUT2D eigenvalue weighted by Crippen LogP contribution is 2.37. The summed E-state index contributed by atoms with van der Waals surface area (Å²) in [7, 11) is 1.55. The first-order chi connectivity index (χ1) is 9.02. The molecule has 0 bridgehead atoms. The molecule has 3 nitrogen and oxygen atoms in total. The van der Waals surface area contributed by atoms with E-state index >= 15 is 0 Å². The average Bonchev–Trinajstić information content (AvgIpc) is 2.26. The van der Waals surface area contributed by atoms with Gasteiger partial charge in [0, 0.05) is 6.04 Å². The number of rotatable bonds is 4. The minimum atomic E-state index is -5.12. The minimum Gasteiger partial charge on any atom is -0.402 e. The lowest BCUT2D eigenvalue weighted by molar-refractivity contribution is -0.287. The second-order valence-corrected chi connectivity index (χ2v) is 3.81. The quantitative estimate of drug-likeness (QED) is 0.859. The fourth-order valence-corrected chi connectivity index (χ4v) is 1.37. The van der Waals surface area contributed by atoms with Gasteiger partial charge in [-0.2, -0.15) is 0 Å². The molecular weight excluding hydrogens is 292 g/mol. The van der Waals surface area contributed by atoms with Crippen LogP contribution in [0.5, 0.6) is 11.5 Å². The fourth-order valence-electron chi connectivity index (χ4n) is 1.37. The van der Waals surface area contributed by atoms with E-state index < -0.39 is 24.2 Å². The zero-order valence-electron chi connectivity index (χ0n) is 10.4. The summed E-state index contributed by atoms with van der Waals surface area (Å²) in [5.74, 6) is -2.10. The second kappa shape index (κ2) is 5.78. The average molecular weight is 303 g/mol. The molecule has 1 rings (SSSR count). The van der Waals surface area contributed by atoms with Gasteiger partial charge in [-0.05, 0) is 31.7 Å². The summed E-state index contributed by atoms with van der Waals surface area (Å²) in [5, 5.41) is 2.74. The van der Waals surface area contributed by atoms with Gasteiger partial charge in [0.15, 0.2) is 11.5 Å². The number of hydrogen-bond acceptors (Lipinski definition) is 3. The van der Waals surface area contributed by atoms with Crippen molar-refractivity contribution in [1.29, 1.82) is 0 Å². The van der Waals surface area contributed by atoms with Gasteiger partial charge in [-0.15, -0.1) is 26.3 Å². The molecule has 9 heteroatoms. The number of ether oxygens (including phenoxy) is 2. The van der Waals surface area contributed by atoms with Gasteiger partial charge in [0.2, 0.25) is 0 Å². The van der Waals surface area contributed by atoms with Crippen LogP contribution in [0.1, 0.15) is 18.5 Å². The predicted molar refractivity (Wildman–Crippen MR) is 57.3 cm³/mol. The molecule has 1 N–H and O–H groups in total. The van der Waals surface area contributed by atoms with Crippen LogP contribution in [0.4, 0.5) is 26.3 Å². The van der Waals surface area contributed by atoms with Crippen LogP contribution in [-0.4, -0.2) is 19.8 Å². The molecule has 0 saturated carbocycles. The van der Waals surface area contributed by atoms with E-state index in [2.05, 4.69) is 14.8 Å². The smallest absolute Gasteiger partial charge is 0.402 e. The van der Waals surface area contributed by atoms with E-state index in [-0.39, 0.29) is 6.04 Å². The van der Waals surface area contributed by atoms with Crippen molar-refractivity contribution in [2.24, 2.45) is 0 Å². The standard InChI is InChI=1S/C11H11F6NO2/c1-6(18-2)7-3-4-8(19-10(12,13)14)9(5-7)20-11(15,16)17/h3-6,18H,1-2H3. The molecule has 1 aromatic carbocycles. The maximum absolute atomic E-state index is 12.2. The Morgan fingerprint density at radius 2 is 1.45 bits per heavy atom. The monoisotopic (exact) mass is 303 g/mol. The van der Waals surface area contributed by atoms with Crippen molar-refractivity contribution < 1.29 is 35.8 Å². The Morgan fingerprint density at radius 3 is 1.90 bits per heavy atom. The summed E-state index contributed by atoms with van der Waals surface area (Å²) < 4.78 is 80.0. The first kappa shape index (κ1) is 16.4. The summed E-state index contributed by atoms with van der Waals surface area (Å²) in [5.41, 5.74) is 0.321. The largest absolute Gasteiger partial charge is 0.573 e. The van der Waals surface area contributed by atoms with E-state index in [0.717, 1.165) is 12.1 Å². The zero-order chi connectivity index (χ0) is 15.6. The molecule has 0 aliphatic heterocycles. The van der Waals surface area contributed by atoms with Crippen molar-refractivity contribution in [2.45, 2.75) is 25.7 Å². The van der Waals surface area contributed by atoms with Crippen LogP contribution in [0.25, 0.3) is 0 Å². The summed E-state index contributed by atoms with van der Waals surface area (Å²) in [6.45, 7) is 1.62. The fraction of sp³-hybridized carbons (Fsp3) is 0.455. The van der Waals surface area contributed by atoms with Crippen LogP contribution in [0.15, 0.2) is 18.2 Å². The Labute approximate surface area is 110 Å². The lowest BCUT2D eigenvalue weighted by Gasteiger charge is -2.18. The lowest BCUT2D eigenvalue weighted by Crippen LogP contribution is -2.22. The molecule has 1 atom stereocenters. The van der Waals surface area contributed by atoms with Gasteiger partial charge >= 0.3 is 12.7 Å². The van der Waals surface area contributed by atoms with Crippen molar-refractivity contribution in [3.05, 3.63) is 23.8 Å². The molecule has 1 unspecified atom stereocenters. The summed E-state index contributed by atoms with van der Waals surface area (Å²) in [6, 6.07) is 2.46. The van der Waals surface area contributed by atoms with Crippen molar-refractivity contribution in [2.75, 3.05) is 7.05 Å². The molecule has 0 spiro atoms. The summed E-state index contributed by atoms with van der Waals surface area (Å²) in [6.07, 6.45) is -10.2. The van der Waals surface area contributed by atoms with E-state index in [1.807, 2.05) is 0 Å². The Morgan fingerprint density at radius 1 is 0.950 bits per heavy atom. The van der Waals surface area contributed by atoms with Gasteiger partial charge in [-0.25, -0.2) is 0 Å². The Balaban J connectivity index is 3.16. The molecule has 114 valence electrons. The molecule has 0 fully saturated rings. The highest BCUT2D eigenvalue weighted by molar-refractivity contribution is 5.44. The SMILES string of the molecule is CNC(C)c1ccc(OC(F)(F)F)c(OC(F)(F)F)c1. The van der Waals surface area contributed by atoms with E-state index in [4.69, 9.17) is 0 Å². The highest BCUT2D eigenvalue weighted by Gasteiger charge is 2.36. The minimum absolute atomic E-state index is 0.321. The van der Waals surface area contributed by atoms with Crippen LogP contribution in [0.3, 0.4) is 0 Å². The summed E-state index contributed by atoms with van der Waals surface area (Å²) in [4.78, 5) is 0. The first-order valence-electron chi connectivity index (χ1n) is 5.34. The first-order valence-corrected chi connectivity index (χ1v) is 5.34. The topological polar surface area (TPSA) is 30.5 Å². The number of halogens is 6. The number of benzene rings is 1. The van der Waals surface area contributed by atoms with E-state index in [1.54, 1.807) is 14.0 Å². The van der Waals surface area contributed by atoms with Crippen molar-refractivity contribution >= 4 is 0 Å². The third kappa shape index (κ3) is 5.16. The van der Waals surface area contributed by atoms with Crippen LogP contribution in [0, 0.1) is 0 Å². The summed E-state index contributed by atoms with van der Waals surface area (Å²) >= 11 is 0. The van der Waals surface area contributed by atoms with Gasteiger partial charge in [0.05, 0.1) is 0 Å². The van der Waals surface area contributed by atoms with Gasteiger partial charge in [-0.1, -0.05) is 6.07 Å². The molecule has 0 radical (unpaired) electrons. The number of hydrogen-bond donors (Lipinski definition) is 1. The van der Waals surface area contributed by atoms with Crippen molar-refractivity contribution in [3.8, 4) is 11.5 Å². The van der Waals surface area contributed by atoms with Crippen LogP contribution >= 0.6 is 0 Å². The van der Waals surface area contributed by atoms with Gasteiger partial charge in [-0.3, -0.25) is 0 Å². The third-order valence-corrected chi connectivity index (χ3v) is 2.35. The molecular formula is C11H11F6NO2. The lowest BCUT2D eigenvalue weighted by atomic mass is 10.1. The Kier molecular flexibility index (Phi) is 4.74. The second-order valence-electron chi connectivity index (χ2n) is 3.81. The number of alkyl halides is 6. The zero-order valence-corrected chi connectivity index (χ0v) is 10.4.